The Bertz CT molecular complexity index is 865. The minimum absolute atomic E-state index is 0.241. The van der Waals surface area contributed by atoms with Crippen molar-refractivity contribution in [1.82, 2.24) is 20.2 Å². The smallest absolute Gasteiger partial charge is 0.247 e. The standard InChI is InChI=1S/C19H20FN7/c20-16-6-4-15(5-7-16)13-22-17-14-23-25-19(24-17)27-11-9-26(10-12-27)18-3-1-2-8-21-18/h1-8,14H,9-13H2,(H,22,24,25). The summed E-state index contributed by atoms with van der Waals surface area (Å²) in [6, 6.07) is 12.3. The van der Waals surface area contributed by atoms with Gasteiger partial charge in [-0.25, -0.2) is 9.37 Å². The van der Waals surface area contributed by atoms with E-state index in [1.165, 1.54) is 12.1 Å². The molecule has 0 amide bonds. The van der Waals surface area contributed by atoms with Gasteiger partial charge in [0.2, 0.25) is 5.95 Å². The number of piperazine rings is 1. The van der Waals surface area contributed by atoms with Gasteiger partial charge < -0.3 is 15.1 Å². The van der Waals surface area contributed by atoms with Crippen molar-refractivity contribution in [2.75, 3.05) is 41.3 Å². The third-order valence-corrected chi connectivity index (χ3v) is 4.47. The molecule has 1 aromatic carbocycles. The van der Waals surface area contributed by atoms with Crippen molar-refractivity contribution < 1.29 is 4.39 Å². The summed E-state index contributed by atoms with van der Waals surface area (Å²) in [5.74, 6) is 2.01. The molecule has 138 valence electrons. The van der Waals surface area contributed by atoms with Gasteiger partial charge >= 0.3 is 0 Å². The predicted octanol–water partition coefficient (Wildman–Crippen LogP) is 2.34. The molecule has 1 aliphatic rings. The van der Waals surface area contributed by atoms with Crippen molar-refractivity contribution in [2.24, 2.45) is 0 Å². The monoisotopic (exact) mass is 365 g/mol. The summed E-state index contributed by atoms with van der Waals surface area (Å²) >= 11 is 0. The van der Waals surface area contributed by atoms with Crippen LogP contribution in [0.1, 0.15) is 5.56 Å². The van der Waals surface area contributed by atoms with Crippen molar-refractivity contribution in [1.29, 1.82) is 0 Å². The molecule has 0 spiro atoms. The predicted molar refractivity (Wildman–Crippen MR) is 102 cm³/mol. The van der Waals surface area contributed by atoms with E-state index in [1.807, 2.05) is 24.4 Å². The first-order valence-electron chi connectivity index (χ1n) is 8.87. The maximum Gasteiger partial charge on any atom is 0.247 e. The number of nitrogens with one attached hydrogen (secondary N) is 1. The average molecular weight is 365 g/mol. The largest absolute Gasteiger partial charge is 0.365 e. The highest BCUT2D eigenvalue weighted by Gasteiger charge is 2.20. The molecule has 0 radical (unpaired) electrons. The number of pyridine rings is 1. The minimum atomic E-state index is -0.241. The number of aromatic nitrogens is 4. The van der Waals surface area contributed by atoms with Crippen LogP contribution < -0.4 is 15.1 Å². The van der Waals surface area contributed by atoms with E-state index in [4.69, 9.17) is 0 Å². The molecule has 4 rings (SSSR count). The number of rotatable bonds is 5. The molecule has 8 heteroatoms. The van der Waals surface area contributed by atoms with Gasteiger partial charge in [0, 0.05) is 38.9 Å². The van der Waals surface area contributed by atoms with Crippen LogP contribution in [0.15, 0.2) is 54.9 Å². The third-order valence-electron chi connectivity index (χ3n) is 4.47. The Morgan fingerprint density at radius 3 is 2.48 bits per heavy atom. The molecule has 2 aromatic heterocycles. The maximum absolute atomic E-state index is 13.0. The lowest BCUT2D eigenvalue weighted by molar-refractivity contribution is 0.627. The van der Waals surface area contributed by atoms with Crippen LogP contribution in [-0.4, -0.2) is 46.3 Å². The Hall–Kier alpha value is -3.29. The van der Waals surface area contributed by atoms with E-state index >= 15 is 0 Å². The summed E-state index contributed by atoms with van der Waals surface area (Å²) in [5.41, 5.74) is 0.973. The highest BCUT2D eigenvalue weighted by atomic mass is 19.1. The molecule has 0 saturated carbocycles. The van der Waals surface area contributed by atoms with Crippen molar-refractivity contribution >= 4 is 17.6 Å². The Morgan fingerprint density at radius 2 is 1.74 bits per heavy atom. The van der Waals surface area contributed by atoms with Crippen LogP contribution in [0, 0.1) is 5.82 Å². The Kier molecular flexibility index (Phi) is 5.04. The van der Waals surface area contributed by atoms with Gasteiger partial charge in [-0.2, -0.15) is 10.1 Å². The number of benzene rings is 1. The fourth-order valence-corrected chi connectivity index (χ4v) is 2.98. The van der Waals surface area contributed by atoms with Gasteiger partial charge in [-0.05, 0) is 29.8 Å². The summed E-state index contributed by atoms with van der Waals surface area (Å²) < 4.78 is 13.0. The van der Waals surface area contributed by atoms with Crippen LogP contribution in [0.3, 0.4) is 0 Å². The first-order chi connectivity index (χ1) is 13.3. The zero-order valence-electron chi connectivity index (χ0n) is 14.8. The third kappa shape index (κ3) is 4.28. The molecule has 1 saturated heterocycles. The lowest BCUT2D eigenvalue weighted by atomic mass is 10.2. The summed E-state index contributed by atoms with van der Waals surface area (Å²) in [5, 5.41) is 11.4. The summed E-state index contributed by atoms with van der Waals surface area (Å²) in [6.07, 6.45) is 3.40. The molecule has 0 unspecified atom stereocenters. The second-order valence-electron chi connectivity index (χ2n) is 6.28. The molecular weight excluding hydrogens is 345 g/mol. The molecule has 1 aliphatic heterocycles. The SMILES string of the molecule is Fc1ccc(CNc2cnnc(N3CCN(c4ccccn4)CC3)n2)cc1. The van der Waals surface area contributed by atoms with Crippen LogP contribution in [0.25, 0.3) is 0 Å². The van der Waals surface area contributed by atoms with Crippen molar-refractivity contribution in [3.05, 3.63) is 66.2 Å². The minimum Gasteiger partial charge on any atom is -0.365 e. The van der Waals surface area contributed by atoms with Crippen LogP contribution in [0.5, 0.6) is 0 Å². The highest BCUT2D eigenvalue weighted by molar-refractivity contribution is 5.44. The van der Waals surface area contributed by atoms with Gasteiger partial charge in [0.05, 0.1) is 6.20 Å². The average Bonchev–Trinajstić information content (AvgIpc) is 2.74. The van der Waals surface area contributed by atoms with Crippen molar-refractivity contribution in [3.8, 4) is 0 Å². The van der Waals surface area contributed by atoms with Crippen LogP contribution >= 0.6 is 0 Å². The molecule has 1 N–H and O–H groups in total. The molecule has 3 aromatic rings. The van der Waals surface area contributed by atoms with Gasteiger partial charge in [-0.3, -0.25) is 0 Å². The second-order valence-corrected chi connectivity index (χ2v) is 6.28. The van der Waals surface area contributed by atoms with Crippen LogP contribution in [-0.2, 0) is 6.54 Å². The molecule has 7 nitrogen and oxygen atoms in total. The van der Waals surface area contributed by atoms with E-state index < -0.39 is 0 Å². The van der Waals surface area contributed by atoms with Crippen LogP contribution in [0.4, 0.5) is 22.0 Å². The van der Waals surface area contributed by atoms with E-state index in [1.54, 1.807) is 18.3 Å². The van der Waals surface area contributed by atoms with Gasteiger partial charge in [0.25, 0.3) is 0 Å². The normalized spacial score (nSPS) is 14.3. The second kappa shape index (κ2) is 7.94. The summed E-state index contributed by atoms with van der Waals surface area (Å²) in [7, 11) is 0. The molecule has 0 atom stereocenters. The van der Waals surface area contributed by atoms with E-state index in [0.717, 1.165) is 37.6 Å². The number of hydrogen-bond donors (Lipinski definition) is 1. The zero-order valence-corrected chi connectivity index (χ0v) is 14.8. The van der Waals surface area contributed by atoms with Crippen molar-refractivity contribution in [2.45, 2.75) is 6.54 Å². The fourth-order valence-electron chi connectivity index (χ4n) is 2.98. The number of nitrogens with zero attached hydrogens (tertiary/aromatic N) is 6. The molecule has 1 fully saturated rings. The fraction of sp³-hybridized carbons (Fsp3) is 0.263. The molecule has 3 heterocycles. The van der Waals surface area contributed by atoms with Gasteiger partial charge in [0.1, 0.15) is 11.6 Å². The summed E-state index contributed by atoms with van der Waals surface area (Å²) in [6.45, 7) is 3.87. The Morgan fingerprint density at radius 1 is 0.963 bits per heavy atom. The van der Waals surface area contributed by atoms with Gasteiger partial charge in [-0.15, -0.1) is 5.10 Å². The number of halogens is 1. The van der Waals surface area contributed by atoms with E-state index in [2.05, 4.69) is 35.3 Å². The molecule has 0 bridgehead atoms. The first kappa shape index (κ1) is 17.1. The first-order valence-corrected chi connectivity index (χ1v) is 8.87. The molecular formula is C19H20FN7. The van der Waals surface area contributed by atoms with E-state index in [9.17, 15) is 4.39 Å². The quantitative estimate of drug-likeness (QED) is 0.744. The topological polar surface area (TPSA) is 70.1 Å². The van der Waals surface area contributed by atoms with E-state index in [-0.39, 0.29) is 5.82 Å². The molecule has 27 heavy (non-hydrogen) atoms. The Balaban J connectivity index is 1.36. The lowest BCUT2D eigenvalue weighted by Crippen LogP contribution is -2.47. The lowest BCUT2D eigenvalue weighted by Gasteiger charge is -2.35. The maximum atomic E-state index is 13.0. The zero-order chi connectivity index (χ0) is 18.5. The van der Waals surface area contributed by atoms with E-state index in [0.29, 0.717) is 18.3 Å². The van der Waals surface area contributed by atoms with Gasteiger partial charge in [0.15, 0.2) is 5.82 Å². The van der Waals surface area contributed by atoms with Crippen LogP contribution in [0.2, 0.25) is 0 Å². The summed E-state index contributed by atoms with van der Waals surface area (Å²) in [4.78, 5) is 13.3. The van der Waals surface area contributed by atoms with Gasteiger partial charge in [-0.1, -0.05) is 18.2 Å². The molecule has 0 aliphatic carbocycles. The Labute approximate surface area is 156 Å². The number of anilines is 3. The highest BCUT2D eigenvalue weighted by Crippen LogP contribution is 2.16. The number of hydrogen-bond acceptors (Lipinski definition) is 7. The van der Waals surface area contributed by atoms with Crippen molar-refractivity contribution in [3.63, 3.8) is 0 Å².